The minimum absolute atomic E-state index is 0.148. The van der Waals surface area contributed by atoms with E-state index in [0.29, 0.717) is 24.2 Å². The van der Waals surface area contributed by atoms with E-state index in [4.69, 9.17) is 16.3 Å². The molecule has 0 unspecified atom stereocenters. The van der Waals surface area contributed by atoms with Crippen LogP contribution in [0.1, 0.15) is 30.9 Å². The maximum Gasteiger partial charge on any atom is 0.322 e. The van der Waals surface area contributed by atoms with Gasteiger partial charge in [0.2, 0.25) is 0 Å². The van der Waals surface area contributed by atoms with Crippen molar-refractivity contribution in [3.05, 3.63) is 70.9 Å². The molecule has 0 aliphatic carbocycles. The summed E-state index contributed by atoms with van der Waals surface area (Å²) in [6.07, 6.45) is 0. The molecule has 174 valence electrons. The molecular formula is C26H31ClN4O2. The maximum absolute atomic E-state index is 13.3. The lowest BCUT2D eigenvalue weighted by Gasteiger charge is -2.30. The first-order valence-electron chi connectivity index (χ1n) is 11.5. The Morgan fingerprint density at radius 1 is 1.15 bits per heavy atom. The predicted molar refractivity (Wildman–Crippen MR) is 134 cm³/mol. The Morgan fingerprint density at radius 3 is 2.61 bits per heavy atom. The van der Waals surface area contributed by atoms with Crippen molar-refractivity contribution in [2.75, 3.05) is 44.7 Å². The molecule has 1 aliphatic heterocycles. The number of urea groups is 1. The van der Waals surface area contributed by atoms with E-state index in [1.165, 1.54) is 5.56 Å². The molecule has 4 rings (SSSR count). The number of hydrogen-bond donors (Lipinski definition) is 1. The largest absolute Gasteiger partial charge is 0.379 e. The third-order valence-corrected chi connectivity index (χ3v) is 6.34. The number of nitrogens with zero attached hydrogens (tertiary/aromatic N) is 3. The number of fused-ring (bicyclic) bond motifs is 1. The van der Waals surface area contributed by atoms with Gasteiger partial charge in [-0.05, 0) is 35.7 Å². The second-order valence-electron chi connectivity index (χ2n) is 8.71. The number of rotatable bonds is 7. The summed E-state index contributed by atoms with van der Waals surface area (Å²) < 4.78 is 5.45. The Kier molecular flexibility index (Phi) is 7.81. The topological polar surface area (TPSA) is 57.7 Å². The van der Waals surface area contributed by atoms with Gasteiger partial charge in [-0.2, -0.15) is 0 Å². The molecule has 1 N–H and O–H groups in total. The fraction of sp³-hybridized carbons (Fsp3) is 0.385. The van der Waals surface area contributed by atoms with Crippen LogP contribution in [-0.4, -0.2) is 60.2 Å². The second kappa shape index (κ2) is 11.0. The van der Waals surface area contributed by atoms with E-state index in [2.05, 4.69) is 41.2 Å². The number of morpholine rings is 1. The highest BCUT2D eigenvalue weighted by molar-refractivity contribution is 6.30. The Hall–Kier alpha value is -2.67. The van der Waals surface area contributed by atoms with Crippen molar-refractivity contribution < 1.29 is 9.53 Å². The molecule has 2 heterocycles. The molecule has 1 saturated heterocycles. The molecule has 0 atom stereocenters. The van der Waals surface area contributed by atoms with Gasteiger partial charge in [-0.25, -0.2) is 9.78 Å². The summed E-state index contributed by atoms with van der Waals surface area (Å²) >= 11 is 6.51. The van der Waals surface area contributed by atoms with Gasteiger partial charge < -0.3 is 15.0 Å². The molecule has 7 heteroatoms. The molecule has 2 amide bonds. The number of pyridine rings is 1. The van der Waals surface area contributed by atoms with Crippen molar-refractivity contribution in [1.29, 1.82) is 0 Å². The van der Waals surface area contributed by atoms with E-state index >= 15 is 0 Å². The lowest BCUT2D eigenvalue weighted by atomic mass is 10.0. The van der Waals surface area contributed by atoms with Gasteiger partial charge >= 0.3 is 6.03 Å². The van der Waals surface area contributed by atoms with Crippen LogP contribution >= 0.6 is 11.6 Å². The predicted octanol–water partition coefficient (Wildman–Crippen LogP) is 5.38. The van der Waals surface area contributed by atoms with Crippen LogP contribution in [0.2, 0.25) is 5.15 Å². The molecule has 0 spiro atoms. The molecule has 0 saturated carbocycles. The van der Waals surface area contributed by atoms with Crippen LogP contribution in [0.5, 0.6) is 0 Å². The van der Waals surface area contributed by atoms with Crippen LogP contribution < -0.4 is 5.32 Å². The number of halogens is 1. The van der Waals surface area contributed by atoms with Crippen LogP contribution in [0, 0.1) is 0 Å². The fourth-order valence-electron chi connectivity index (χ4n) is 3.95. The van der Waals surface area contributed by atoms with Crippen molar-refractivity contribution in [2.45, 2.75) is 26.3 Å². The van der Waals surface area contributed by atoms with Crippen molar-refractivity contribution in [3.8, 4) is 0 Å². The highest BCUT2D eigenvalue weighted by Crippen LogP contribution is 2.23. The summed E-state index contributed by atoms with van der Waals surface area (Å²) in [5, 5.41) is 4.49. The number of carbonyl (C=O) groups is 1. The molecule has 0 radical (unpaired) electrons. The first-order valence-corrected chi connectivity index (χ1v) is 11.9. The Labute approximate surface area is 200 Å². The van der Waals surface area contributed by atoms with Crippen molar-refractivity contribution in [3.63, 3.8) is 0 Å². The standard InChI is InChI=1S/C26H31ClN4O2/c1-19(2)20-7-9-23(10-8-20)28-26(32)31(12-11-30-13-15-33-16-14-30)18-22-17-21-5-3-4-6-24(21)29-25(22)27/h3-10,17,19H,11-16,18H2,1-2H3,(H,28,32). The zero-order chi connectivity index (χ0) is 23.2. The Bertz CT molecular complexity index is 1080. The number of ether oxygens (including phenoxy) is 1. The average Bonchev–Trinajstić information content (AvgIpc) is 2.83. The number of hydrogen-bond acceptors (Lipinski definition) is 4. The highest BCUT2D eigenvalue weighted by Gasteiger charge is 2.19. The molecule has 2 aromatic carbocycles. The van der Waals surface area contributed by atoms with E-state index in [1.807, 2.05) is 47.4 Å². The van der Waals surface area contributed by atoms with E-state index in [-0.39, 0.29) is 6.03 Å². The summed E-state index contributed by atoms with van der Waals surface area (Å²) in [5.74, 6) is 0.447. The van der Waals surface area contributed by atoms with Gasteiger partial charge in [0.1, 0.15) is 5.15 Å². The second-order valence-corrected chi connectivity index (χ2v) is 9.07. The van der Waals surface area contributed by atoms with Crippen molar-refractivity contribution >= 4 is 34.2 Å². The first-order chi connectivity index (χ1) is 16.0. The van der Waals surface area contributed by atoms with Gasteiger partial charge in [-0.1, -0.05) is 55.8 Å². The highest BCUT2D eigenvalue weighted by atomic mass is 35.5. The number of aromatic nitrogens is 1. The molecule has 0 bridgehead atoms. The van der Waals surface area contributed by atoms with Crippen LogP contribution in [-0.2, 0) is 11.3 Å². The Balaban J connectivity index is 1.51. The SMILES string of the molecule is CC(C)c1ccc(NC(=O)N(CCN2CCOCC2)Cc2cc3ccccc3nc2Cl)cc1. The minimum atomic E-state index is -0.148. The summed E-state index contributed by atoms with van der Waals surface area (Å²) in [6, 6.07) is 17.8. The Morgan fingerprint density at radius 2 is 1.88 bits per heavy atom. The molecule has 1 fully saturated rings. The van der Waals surface area contributed by atoms with Crippen LogP contribution in [0.3, 0.4) is 0 Å². The third-order valence-electron chi connectivity index (χ3n) is 6.02. The summed E-state index contributed by atoms with van der Waals surface area (Å²) in [7, 11) is 0. The normalized spacial score (nSPS) is 14.5. The van der Waals surface area contributed by atoms with Gasteiger partial charge in [-0.15, -0.1) is 0 Å². The number of benzene rings is 2. The van der Waals surface area contributed by atoms with Crippen molar-refractivity contribution in [2.24, 2.45) is 0 Å². The zero-order valence-electron chi connectivity index (χ0n) is 19.3. The third kappa shape index (κ3) is 6.22. The van der Waals surface area contributed by atoms with Crippen LogP contribution in [0.4, 0.5) is 10.5 Å². The molecule has 1 aliphatic rings. The fourth-order valence-corrected chi connectivity index (χ4v) is 4.15. The average molecular weight is 467 g/mol. The number of carbonyl (C=O) groups excluding carboxylic acids is 1. The lowest BCUT2D eigenvalue weighted by molar-refractivity contribution is 0.0349. The number of anilines is 1. The molecular weight excluding hydrogens is 436 g/mol. The quantitative estimate of drug-likeness (QED) is 0.475. The number of nitrogens with one attached hydrogen (secondary N) is 1. The van der Waals surface area contributed by atoms with E-state index in [9.17, 15) is 4.79 Å². The van der Waals surface area contributed by atoms with Crippen LogP contribution in [0.25, 0.3) is 10.9 Å². The minimum Gasteiger partial charge on any atom is -0.379 e. The number of para-hydroxylation sites is 1. The lowest BCUT2D eigenvalue weighted by Crippen LogP contribution is -2.44. The maximum atomic E-state index is 13.3. The molecule has 1 aromatic heterocycles. The van der Waals surface area contributed by atoms with Crippen LogP contribution in [0.15, 0.2) is 54.6 Å². The zero-order valence-corrected chi connectivity index (χ0v) is 20.0. The van der Waals surface area contributed by atoms with Gasteiger partial charge in [0.15, 0.2) is 0 Å². The molecule has 6 nitrogen and oxygen atoms in total. The smallest absolute Gasteiger partial charge is 0.322 e. The first kappa shape index (κ1) is 23.5. The summed E-state index contributed by atoms with van der Waals surface area (Å²) in [6.45, 7) is 9.28. The van der Waals surface area contributed by atoms with Gasteiger partial charge in [0.05, 0.1) is 25.3 Å². The number of amides is 2. The monoisotopic (exact) mass is 466 g/mol. The van der Waals surface area contributed by atoms with E-state index < -0.39 is 0 Å². The summed E-state index contributed by atoms with van der Waals surface area (Å²) in [4.78, 5) is 21.9. The molecule has 3 aromatic rings. The summed E-state index contributed by atoms with van der Waals surface area (Å²) in [5.41, 5.74) is 3.71. The van der Waals surface area contributed by atoms with Crippen molar-refractivity contribution in [1.82, 2.24) is 14.8 Å². The molecule has 33 heavy (non-hydrogen) atoms. The van der Waals surface area contributed by atoms with E-state index in [1.54, 1.807) is 0 Å². The van der Waals surface area contributed by atoms with Gasteiger partial charge in [0.25, 0.3) is 0 Å². The van der Waals surface area contributed by atoms with Gasteiger partial charge in [-0.3, -0.25) is 4.90 Å². The van der Waals surface area contributed by atoms with E-state index in [0.717, 1.165) is 55.0 Å². The van der Waals surface area contributed by atoms with Gasteiger partial charge in [0, 0.05) is 42.8 Å².